The highest BCUT2D eigenvalue weighted by Crippen LogP contribution is 2.32. The van der Waals surface area contributed by atoms with E-state index in [0.717, 1.165) is 74.4 Å². The fraction of sp³-hybridized carbons (Fsp3) is 0.269. The first-order valence-corrected chi connectivity index (χ1v) is 21.5. The fourth-order valence-corrected chi connectivity index (χ4v) is 8.27. The lowest BCUT2D eigenvalue weighted by molar-refractivity contribution is 0.622. The Kier molecular flexibility index (Phi) is 12.6. The van der Waals surface area contributed by atoms with Crippen LogP contribution in [-0.2, 0) is 13.1 Å². The molecule has 6 heteroatoms. The third-order valence-electron chi connectivity index (χ3n) is 11.4. The van der Waals surface area contributed by atoms with E-state index in [2.05, 4.69) is 179 Å². The van der Waals surface area contributed by atoms with Gasteiger partial charge in [0, 0.05) is 69.8 Å². The summed E-state index contributed by atoms with van der Waals surface area (Å²) in [6.07, 6.45) is 13.1. The van der Waals surface area contributed by atoms with Gasteiger partial charge in [-0.05, 0) is 97.5 Å². The molecule has 0 bridgehead atoms. The van der Waals surface area contributed by atoms with Crippen LogP contribution in [0, 0.1) is 0 Å². The Labute approximate surface area is 343 Å². The topological polar surface area (TPSA) is 41.1 Å². The van der Waals surface area contributed by atoms with Crippen molar-refractivity contribution in [2.75, 3.05) is 23.1 Å². The minimum absolute atomic E-state index is 0.858. The molecule has 6 aromatic carbocycles. The summed E-state index contributed by atoms with van der Waals surface area (Å²) in [5.41, 5.74) is 9.68. The van der Waals surface area contributed by atoms with Gasteiger partial charge in [-0.15, -0.1) is 0 Å². The van der Waals surface area contributed by atoms with Gasteiger partial charge in [0.05, 0.1) is 23.8 Å². The van der Waals surface area contributed by atoms with Crippen molar-refractivity contribution in [2.24, 2.45) is 10.2 Å². The molecule has 8 aromatic rings. The first kappa shape index (κ1) is 38.7. The molecule has 0 radical (unpaired) electrons. The average molecular weight is 765 g/mol. The van der Waals surface area contributed by atoms with Gasteiger partial charge in [0.1, 0.15) is 0 Å². The van der Waals surface area contributed by atoms with Gasteiger partial charge in [-0.2, -0.15) is 10.2 Å². The highest BCUT2D eigenvalue weighted by Gasteiger charge is 2.13. The van der Waals surface area contributed by atoms with Crippen LogP contribution >= 0.6 is 0 Å². The predicted molar refractivity (Wildman–Crippen MR) is 250 cm³/mol. The smallest absolute Gasteiger partial charge is 0.0593 e. The van der Waals surface area contributed by atoms with E-state index < -0.39 is 0 Å². The van der Waals surface area contributed by atoms with Gasteiger partial charge < -0.3 is 9.13 Å². The number of hydrogen-bond donors (Lipinski definition) is 0. The molecule has 58 heavy (non-hydrogen) atoms. The minimum Gasteiger partial charge on any atom is -0.340 e. The third-order valence-corrected chi connectivity index (χ3v) is 11.4. The van der Waals surface area contributed by atoms with Crippen molar-refractivity contribution in [1.29, 1.82) is 0 Å². The summed E-state index contributed by atoms with van der Waals surface area (Å²) in [5, 5.41) is 19.7. The van der Waals surface area contributed by atoms with Crippen molar-refractivity contribution in [2.45, 2.75) is 78.3 Å². The molecular formula is C52H56N6. The molecule has 2 aromatic heterocycles. The van der Waals surface area contributed by atoms with E-state index in [1.54, 1.807) is 0 Å². The van der Waals surface area contributed by atoms with E-state index in [9.17, 15) is 0 Å². The standard InChI is InChI=1S/C52H56N6/c1-3-5-33-55-49-27-17-15-25-45(49)47-37-41(29-31-51(47)55)39-53-57(43-21-11-9-12-22-43)35-19-7-8-20-36-58(44-23-13-10-14-24-44)54-40-42-30-32-52-48(38-42)46-26-16-18-28-50(46)56(52)34-6-4-2/h9-18,21-32,37-40H,3-8,19-20,33-36H2,1-2H3. The zero-order valence-corrected chi connectivity index (χ0v) is 34.2. The molecule has 0 aliphatic heterocycles. The summed E-state index contributed by atoms with van der Waals surface area (Å²) in [6, 6.07) is 52.3. The normalized spacial score (nSPS) is 12.0. The average Bonchev–Trinajstić information content (AvgIpc) is 3.77. The summed E-state index contributed by atoms with van der Waals surface area (Å²) in [6.45, 7) is 8.31. The predicted octanol–water partition coefficient (Wildman–Crippen LogP) is 13.4. The van der Waals surface area contributed by atoms with Crippen LogP contribution in [0.25, 0.3) is 43.6 Å². The van der Waals surface area contributed by atoms with Crippen LogP contribution in [-0.4, -0.2) is 34.7 Å². The Bertz CT molecular complexity index is 2430. The van der Waals surface area contributed by atoms with Gasteiger partial charge in [-0.25, -0.2) is 0 Å². The van der Waals surface area contributed by atoms with Crippen molar-refractivity contribution in [3.63, 3.8) is 0 Å². The summed E-state index contributed by atoms with van der Waals surface area (Å²) in [7, 11) is 0. The van der Waals surface area contributed by atoms with Gasteiger partial charge in [-0.3, -0.25) is 10.0 Å². The Hall–Kier alpha value is -6.14. The second-order valence-electron chi connectivity index (χ2n) is 15.4. The monoisotopic (exact) mass is 764 g/mol. The molecule has 0 atom stereocenters. The van der Waals surface area contributed by atoms with Gasteiger partial charge in [-0.1, -0.05) is 124 Å². The molecule has 2 heterocycles. The Balaban J connectivity index is 0.919. The molecule has 0 N–H and O–H groups in total. The highest BCUT2D eigenvalue weighted by molar-refractivity contribution is 6.10. The molecule has 8 rings (SSSR count). The van der Waals surface area contributed by atoms with Crippen molar-refractivity contribution >= 4 is 67.4 Å². The number of benzene rings is 6. The van der Waals surface area contributed by atoms with E-state index in [1.807, 2.05) is 12.4 Å². The third kappa shape index (κ3) is 8.72. The molecule has 0 amide bonds. The van der Waals surface area contributed by atoms with Crippen LogP contribution < -0.4 is 10.0 Å². The zero-order chi connectivity index (χ0) is 39.5. The number of unbranched alkanes of at least 4 members (excludes halogenated alkanes) is 5. The summed E-state index contributed by atoms with van der Waals surface area (Å²) in [5.74, 6) is 0. The maximum absolute atomic E-state index is 5.07. The molecule has 0 saturated carbocycles. The number of hydrogen-bond acceptors (Lipinski definition) is 4. The Morgan fingerprint density at radius 3 is 1.24 bits per heavy atom. The van der Waals surface area contributed by atoms with E-state index in [0.29, 0.717) is 0 Å². The van der Waals surface area contributed by atoms with Crippen molar-refractivity contribution in [1.82, 2.24) is 9.13 Å². The van der Waals surface area contributed by atoms with Gasteiger partial charge >= 0.3 is 0 Å². The summed E-state index contributed by atoms with van der Waals surface area (Å²) >= 11 is 0. The molecule has 0 saturated heterocycles. The largest absolute Gasteiger partial charge is 0.340 e. The van der Waals surface area contributed by atoms with E-state index in [4.69, 9.17) is 10.2 Å². The zero-order valence-electron chi connectivity index (χ0n) is 34.2. The number of hydrazone groups is 2. The first-order chi connectivity index (χ1) is 28.7. The lowest BCUT2D eigenvalue weighted by Crippen LogP contribution is -2.19. The maximum Gasteiger partial charge on any atom is 0.0593 e. The molecule has 0 aliphatic rings. The maximum atomic E-state index is 5.07. The molecule has 0 unspecified atom stereocenters. The minimum atomic E-state index is 0.858. The number of aromatic nitrogens is 2. The van der Waals surface area contributed by atoms with Crippen molar-refractivity contribution in [3.8, 4) is 0 Å². The number of aryl methyl sites for hydroxylation is 2. The van der Waals surface area contributed by atoms with E-state index >= 15 is 0 Å². The molecule has 0 spiro atoms. The molecule has 294 valence electrons. The lowest BCUT2D eigenvalue weighted by atomic mass is 10.1. The first-order valence-electron chi connectivity index (χ1n) is 21.5. The van der Waals surface area contributed by atoms with Crippen LogP contribution in [0.5, 0.6) is 0 Å². The molecule has 0 aliphatic carbocycles. The molecule has 6 nitrogen and oxygen atoms in total. The number of fused-ring (bicyclic) bond motifs is 6. The van der Waals surface area contributed by atoms with Crippen molar-refractivity contribution in [3.05, 3.63) is 157 Å². The SMILES string of the molecule is CCCCn1c2ccccc2c2cc(C=NN(CCCCCCN(N=Cc3ccc4c(c3)c3ccccc3n4CCCC)c3ccccc3)c3ccccc3)ccc21. The summed E-state index contributed by atoms with van der Waals surface area (Å²) < 4.78 is 4.96. The van der Waals surface area contributed by atoms with Crippen LogP contribution in [0.3, 0.4) is 0 Å². The van der Waals surface area contributed by atoms with Crippen molar-refractivity contribution < 1.29 is 0 Å². The highest BCUT2D eigenvalue weighted by atomic mass is 15.5. The van der Waals surface area contributed by atoms with E-state index in [1.165, 1.54) is 69.3 Å². The van der Waals surface area contributed by atoms with Gasteiger partial charge in [0.25, 0.3) is 0 Å². The van der Waals surface area contributed by atoms with E-state index in [-0.39, 0.29) is 0 Å². The number of anilines is 2. The Morgan fingerprint density at radius 2 is 0.810 bits per heavy atom. The van der Waals surface area contributed by atoms with Gasteiger partial charge in [0.2, 0.25) is 0 Å². The number of para-hydroxylation sites is 4. The molecular weight excluding hydrogens is 709 g/mol. The number of nitrogens with zero attached hydrogens (tertiary/aromatic N) is 6. The van der Waals surface area contributed by atoms with Crippen LogP contribution in [0.2, 0.25) is 0 Å². The van der Waals surface area contributed by atoms with Crippen LogP contribution in [0.15, 0.2) is 156 Å². The lowest BCUT2D eigenvalue weighted by Gasteiger charge is -2.20. The second kappa shape index (κ2) is 18.9. The number of rotatable bonds is 19. The van der Waals surface area contributed by atoms with Gasteiger partial charge in [0.15, 0.2) is 0 Å². The second-order valence-corrected chi connectivity index (χ2v) is 15.4. The molecule has 0 fully saturated rings. The quantitative estimate of drug-likeness (QED) is 0.0467. The fourth-order valence-electron chi connectivity index (χ4n) is 8.27. The van der Waals surface area contributed by atoms with Crippen LogP contribution in [0.4, 0.5) is 11.4 Å². The van der Waals surface area contributed by atoms with Crippen LogP contribution in [0.1, 0.15) is 76.3 Å². The Morgan fingerprint density at radius 1 is 0.414 bits per heavy atom. The summed E-state index contributed by atoms with van der Waals surface area (Å²) in [4.78, 5) is 0.